The maximum absolute atomic E-state index is 12.7. The van der Waals surface area contributed by atoms with Crippen LogP contribution in [0.1, 0.15) is 65.7 Å². The number of fused-ring (bicyclic) bond motifs is 2. The molecule has 2 amide bonds. The van der Waals surface area contributed by atoms with Crippen molar-refractivity contribution in [3.05, 3.63) is 35.4 Å². The molecule has 0 bridgehead atoms. The zero-order valence-electron chi connectivity index (χ0n) is 13.6. The standard InChI is InChI=1S/C19H21NO4/c21-17-14-9-3-4-10-15(14)18(22)20(17)24-19(23)16-11-5-7-12-6-1-2-8-13(12)16/h3-4,9-10,12-13,16H,1-2,5-8,11H2. The maximum atomic E-state index is 12.7. The fraction of sp³-hybridized carbons (Fsp3) is 0.526. The highest BCUT2D eigenvalue weighted by Crippen LogP contribution is 2.44. The topological polar surface area (TPSA) is 63.7 Å². The van der Waals surface area contributed by atoms with Crippen LogP contribution in [-0.2, 0) is 9.63 Å². The normalized spacial score (nSPS) is 29.2. The number of nitrogens with zero attached hydrogens (tertiary/aromatic N) is 1. The van der Waals surface area contributed by atoms with Crippen LogP contribution in [-0.4, -0.2) is 22.8 Å². The molecule has 3 unspecified atom stereocenters. The average Bonchev–Trinajstić information content (AvgIpc) is 2.86. The van der Waals surface area contributed by atoms with E-state index in [4.69, 9.17) is 4.84 Å². The van der Waals surface area contributed by atoms with Gasteiger partial charge in [0.1, 0.15) is 0 Å². The van der Waals surface area contributed by atoms with Gasteiger partial charge in [-0.15, -0.1) is 0 Å². The van der Waals surface area contributed by atoms with Crippen molar-refractivity contribution in [1.82, 2.24) is 5.06 Å². The van der Waals surface area contributed by atoms with Crippen molar-refractivity contribution in [3.63, 3.8) is 0 Å². The summed E-state index contributed by atoms with van der Waals surface area (Å²) in [6, 6.07) is 6.56. The van der Waals surface area contributed by atoms with Crippen molar-refractivity contribution < 1.29 is 19.2 Å². The molecule has 3 atom stereocenters. The van der Waals surface area contributed by atoms with Crippen LogP contribution in [0.2, 0.25) is 0 Å². The van der Waals surface area contributed by atoms with Crippen LogP contribution in [0.4, 0.5) is 0 Å². The number of amides is 2. The van der Waals surface area contributed by atoms with Gasteiger partial charge in [0, 0.05) is 0 Å². The minimum Gasteiger partial charge on any atom is -0.329 e. The Bertz CT molecular complexity index is 661. The van der Waals surface area contributed by atoms with Gasteiger partial charge in [0.15, 0.2) is 0 Å². The Labute approximate surface area is 140 Å². The SMILES string of the molecule is O=C(ON1C(=O)c2ccccc2C1=O)C1CCCC2CCCCC21. The van der Waals surface area contributed by atoms with E-state index in [-0.39, 0.29) is 5.92 Å². The lowest BCUT2D eigenvalue weighted by Gasteiger charge is -2.40. The molecule has 0 saturated heterocycles. The molecule has 1 aromatic carbocycles. The lowest BCUT2D eigenvalue weighted by Crippen LogP contribution is -2.41. The third-order valence-electron chi connectivity index (χ3n) is 5.82. The van der Waals surface area contributed by atoms with Crippen molar-refractivity contribution in [2.24, 2.45) is 17.8 Å². The van der Waals surface area contributed by atoms with Gasteiger partial charge in [-0.2, -0.15) is 0 Å². The van der Waals surface area contributed by atoms with Crippen LogP contribution >= 0.6 is 0 Å². The van der Waals surface area contributed by atoms with E-state index in [1.54, 1.807) is 24.3 Å². The van der Waals surface area contributed by atoms with Gasteiger partial charge >= 0.3 is 5.97 Å². The van der Waals surface area contributed by atoms with Gasteiger partial charge in [0.2, 0.25) is 0 Å². The monoisotopic (exact) mass is 327 g/mol. The van der Waals surface area contributed by atoms with E-state index in [9.17, 15) is 14.4 Å². The van der Waals surface area contributed by atoms with E-state index in [2.05, 4.69) is 0 Å². The summed E-state index contributed by atoms with van der Waals surface area (Å²) in [7, 11) is 0. The fourth-order valence-electron chi connectivity index (χ4n) is 4.64. The zero-order chi connectivity index (χ0) is 16.7. The van der Waals surface area contributed by atoms with Gasteiger partial charge < -0.3 is 4.84 Å². The Balaban J connectivity index is 1.50. The molecular weight excluding hydrogens is 306 g/mol. The molecule has 1 aliphatic heterocycles. The third-order valence-corrected chi connectivity index (χ3v) is 5.82. The van der Waals surface area contributed by atoms with Crippen molar-refractivity contribution in [1.29, 1.82) is 0 Å². The molecule has 24 heavy (non-hydrogen) atoms. The summed E-state index contributed by atoms with van der Waals surface area (Å²) in [5.74, 6) is -0.753. The summed E-state index contributed by atoms with van der Waals surface area (Å²) in [6.07, 6.45) is 7.61. The molecule has 0 radical (unpaired) electrons. The molecular formula is C19H21NO4. The van der Waals surface area contributed by atoms with Gasteiger partial charge in [0.25, 0.3) is 11.8 Å². The number of imide groups is 1. The maximum Gasteiger partial charge on any atom is 0.336 e. The molecule has 126 valence electrons. The van der Waals surface area contributed by atoms with Crippen LogP contribution in [0.15, 0.2) is 24.3 Å². The Morgan fingerprint density at radius 2 is 1.54 bits per heavy atom. The highest BCUT2D eigenvalue weighted by atomic mass is 16.7. The highest BCUT2D eigenvalue weighted by Gasteiger charge is 2.43. The van der Waals surface area contributed by atoms with Gasteiger partial charge in [0.05, 0.1) is 17.0 Å². The minimum atomic E-state index is -0.542. The van der Waals surface area contributed by atoms with E-state index in [0.717, 1.165) is 25.7 Å². The lowest BCUT2D eigenvalue weighted by molar-refractivity contribution is -0.178. The van der Waals surface area contributed by atoms with Crippen LogP contribution in [0.5, 0.6) is 0 Å². The van der Waals surface area contributed by atoms with E-state index in [0.29, 0.717) is 28.0 Å². The molecule has 4 rings (SSSR count). The molecule has 0 spiro atoms. The van der Waals surface area contributed by atoms with E-state index >= 15 is 0 Å². The Morgan fingerprint density at radius 1 is 0.917 bits per heavy atom. The molecule has 0 aromatic heterocycles. The highest BCUT2D eigenvalue weighted by molar-refractivity contribution is 6.20. The first-order chi connectivity index (χ1) is 11.7. The molecule has 3 aliphatic rings. The second-order valence-electron chi connectivity index (χ2n) is 7.11. The second kappa shape index (κ2) is 6.04. The average molecular weight is 327 g/mol. The Hall–Kier alpha value is -2.17. The number of benzene rings is 1. The molecule has 1 heterocycles. The van der Waals surface area contributed by atoms with Crippen LogP contribution in [0.3, 0.4) is 0 Å². The van der Waals surface area contributed by atoms with Crippen LogP contribution in [0, 0.1) is 17.8 Å². The predicted molar refractivity (Wildman–Crippen MR) is 85.8 cm³/mol. The van der Waals surface area contributed by atoms with Crippen molar-refractivity contribution in [2.45, 2.75) is 44.9 Å². The summed E-state index contributed by atoms with van der Waals surface area (Å²) in [6.45, 7) is 0. The van der Waals surface area contributed by atoms with E-state index in [1.165, 1.54) is 19.3 Å². The summed E-state index contributed by atoms with van der Waals surface area (Å²) < 4.78 is 0. The summed E-state index contributed by atoms with van der Waals surface area (Å²) >= 11 is 0. The predicted octanol–water partition coefficient (Wildman–Crippen LogP) is 3.35. The summed E-state index contributed by atoms with van der Waals surface area (Å²) in [5, 5.41) is 0.652. The van der Waals surface area contributed by atoms with E-state index in [1.807, 2.05) is 0 Å². The smallest absolute Gasteiger partial charge is 0.329 e. The summed E-state index contributed by atoms with van der Waals surface area (Å²) in [4.78, 5) is 42.7. The van der Waals surface area contributed by atoms with Crippen molar-refractivity contribution in [2.75, 3.05) is 0 Å². The molecule has 2 saturated carbocycles. The quantitative estimate of drug-likeness (QED) is 0.782. The zero-order valence-corrected chi connectivity index (χ0v) is 13.6. The second-order valence-corrected chi connectivity index (χ2v) is 7.11. The number of rotatable bonds is 2. The molecule has 5 nitrogen and oxygen atoms in total. The van der Waals surface area contributed by atoms with Crippen LogP contribution < -0.4 is 0 Å². The first-order valence-corrected chi connectivity index (χ1v) is 8.86. The number of hydrogen-bond acceptors (Lipinski definition) is 4. The molecule has 0 N–H and O–H groups in total. The van der Waals surface area contributed by atoms with Gasteiger partial charge in [-0.3, -0.25) is 9.59 Å². The Morgan fingerprint density at radius 3 is 2.25 bits per heavy atom. The van der Waals surface area contributed by atoms with Crippen molar-refractivity contribution in [3.8, 4) is 0 Å². The minimum absolute atomic E-state index is 0.187. The Kier molecular flexibility index (Phi) is 3.87. The molecule has 2 fully saturated rings. The number of hydroxylamine groups is 2. The molecule has 5 heteroatoms. The summed E-state index contributed by atoms with van der Waals surface area (Å²) in [5.41, 5.74) is 0.601. The van der Waals surface area contributed by atoms with Crippen molar-refractivity contribution >= 4 is 17.8 Å². The van der Waals surface area contributed by atoms with Gasteiger partial charge in [-0.05, 0) is 36.8 Å². The number of carbonyl (C=O) groups excluding carboxylic acids is 3. The number of hydrogen-bond donors (Lipinski definition) is 0. The van der Waals surface area contributed by atoms with E-state index < -0.39 is 17.8 Å². The molecule has 1 aromatic rings. The first kappa shape index (κ1) is 15.4. The van der Waals surface area contributed by atoms with Crippen LogP contribution in [0.25, 0.3) is 0 Å². The molecule has 2 aliphatic carbocycles. The largest absolute Gasteiger partial charge is 0.336 e. The number of carbonyl (C=O) groups is 3. The fourth-order valence-corrected chi connectivity index (χ4v) is 4.64. The lowest BCUT2D eigenvalue weighted by atomic mass is 9.65. The van der Waals surface area contributed by atoms with Gasteiger partial charge in [-0.25, -0.2) is 4.79 Å². The van der Waals surface area contributed by atoms with Gasteiger partial charge in [-0.1, -0.05) is 49.3 Å². The first-order valence-electron chi connectivity index (χ1n) is 8.86. The third kappa shape index (κ3) is 2.43.